The molecule has 0 saturated heterocycles. The van der Waals surface area contributed by atoms with E-state index in [0.29, 0.717) is 6.42 Å². The molecule has 0 heterocycles. The molecule has 0 unspecified atom stereocenters. The molecule has 0 amide bonds. The first kappa shape index (κ1) is 17.5. The van der Waals surface area contributed by atoms with Crippen LogP contribution in [0.3, 0.4) is 0 Å². The van der Waals surface area contributed by atoms with Crippen molar-refractivity contribution >= 4 is 20.8 Å². The first-order valence-corrected chi connectivity index (χ1v) is 9.67. The van der Waals surface area contributed by atoms with Gasteiger partial charge >= 0.3 is 0 Å². The van der Waals surface area contributed by atoms with Crippen molar-refractivity contribution < 1.29 is 13.2 Å². The van der Waals surface area contributed by atoms with Crippen LogP contribution in [0, 0.1) is 0 Å². The SMILES string of the molecule is CC[C@H](NS(=O)(=O)c1ccc2cc(OC)ccc2c1)c1ccccc1. The van der Waals surface area contributed by atoms with E-state index in [9.17, 15) is 8.42 Å². The van der Waals surface area contributed by atoms with Crippen LogP contribution in [-0.2, 0) is 10.0 Å². The van der Waals surface area contributed by atoms with Gasteiger partial charge in [0.15, 0.2) is 0 Å². The molecule has 5 heteroatoms. The van der Waals surface area contributed by atoms with E-state index in [-0.39, 0.29) is 10.9 Å². The summed E-state index contributed by atoms with van der Waals surface area (Å²) in [4.78, 5) is 0.263. The van der Waals surface area contributed by atoms with E-state index >= 15 is 0 Å². The number of benzene rings is 3. The second kappa shape index (κ2) is 7.25. The molecule has 0 spiro atoms. The maximum absolute atomic E-state index is 12.8. The zero-order chi connectivity index (χ0) is 17.9. The maximum Gasteiger partial charge on any atom is 0.241 e. The first-order chi connectivity index (χ1) is 12.0. The number of rotatable bonds is 6. The average molecular weight is 355 g/mol. The molecule has 1 atom stereocenters. The summed E-state index contributed by atoms with van der Waals surface area (Å²) in [5.41, 5.74) is 0.958. The highest BCUT2D eigenvalue weighted by Crippen LogP contribution is 2.25. The quantitative estimate of drug-likeness (QED) is 0.718. The highest BCUT2D eigenvalue weighted by Gasteiger charge is 2.20. The summed E-state index contributed by atoms with van der Waals surface area (Å²) in [6.45, 7) is 1.97. The lowest BCUT2D eigenvalue weighted by atomic mass is 10.1. The highest BCUT2D eigenvalue weighted by atomic mass is 32.2. The highest BCUT2D eigenvalue weighted by molar-refractivity contribution is 7.89. The number of nitrogens with one attached hydrogen (secondary N) is 1. The molecule has 25 heavy (non-hydrogen) atoms. The minimum Gasteiger partial charge on any atom is -0.497 e. The summed E-state index contributed by atoms with van der Waals surface area (Å²) in [6.07, 6.45) is 0.675. The van der Waals surface area contributed by atoms with E-state index in [0.717, 1.165) is 22.1 Å². The van der Waals surface area contributed by atoms with E-state index < -0.39 is 10.0 Å². The van der Waals surface area contributed by atoms with Gasteiger partial charge in [0, 0.05) is 6.04 Å². The predicted molar refractivity (Wildman–Crippen MR) is 100 cm³/mol. The van der Waals surface area contributed by atoms with Crippen molar-refractivity contribution in [1.29, 1.82) is 0 Å². The van der Waals surface area contributed by atoms with E-state index in [4.69, 9.17) is 4.74 Å². The lowest BCUT2D eigenvalue weighted by Crippen LogP contribution is -2.28. The topological polar surface area (TPSA) is 55.4 Å². The number of sulfonamides is 1. The van der Waals surface area contributed by atoms with Crippen LogP contribution in [0.5, 0.6) is 5.75 Å². The number of methoxy groups -OCH3 is 1. The minimum atomic E-state index is -3.61. The lowest BCUT2D eigenvalue weighted by molar-refractivity contribution is 0.415. The molecule has 0 aliphatic carbocycles. The Morgan fingerprint density at radius 2 is 1.64 bits per heavy atom. The Kier molecular flexibility index (Phi) is 5.06. The van der Waals surface area contributed by atoms with Crippen LogP contribution in [0.15, 0.2) is 71.6 Å². The number of ether oxygens (including phenoxy) is 1. The summed E-state index contributed by atoms with van der Waals surface area (Å²) in [5, 5.41) is 1.80. The fraction of sp³-hybridized carbons (Fsp3) is 0.200. The zero-order valence-electron chi connectivity index (χ0n) is 14.3. The van der Waals surface area contributed by atoms with E-state index in [1.54, 1.807) is 25.3 Å². The molecule has 3 rings (SSSR count). The van der Waals surface area contributed by atoms with Gasteiger partial charge < -0.3 is 4.74 Å². The Bertz CT molecular complexity index is 969. The second-order valence-electron chi connectivity index (χ2n) is 5.87. The monoisotopic (exact) mass is 355 g/mol. The summed E-state index contributed by atoms with van der Waals surface area (Å²) >= 11 is 0. The van der Waals surface area contributed by atoms with Crippen LogP contribution >= 0.6 is 0 Å². The number of fused-ring (bicyclic) bond motifs is 1. The fourth-order valence-corrected chi connectivity index (χ4v) is 4.17. The molecule has 1 N–H and O–H groups in total. The van der Waals surface area contributed by atoms with Gasteiger partial charge in [0.2, 0.25) is 10.0 Å². The molecule has 130 valence electrons. The van der Waals surface area contributed by atoms with Gasteiger partial charge in [-0.1, -0.05) is 49.4 Å². The van der Waals surface area contributed by atoms with Crippen LogP contribution in [0.1, 0.15) is 24.9 Å². The van der Waals surface area contributed by atoms with Crippen molar-refractivity contribution in [3.8, 4) is 5.75 Å². The lowest BCUT2D eigenvalue weighted by Gasteiger charge is -2.18. The molecule has 3 aromatic carbocycles. The minimum absolute atomic E-state index is 0.252. The van der Waals surface area contributed by atoms with Crippen LogP contribution in [0.25, 0.3) is 10.8 Å². The summed E-state index contributed by atoms with van der Waals surface area (Å²) in [6, 6.07) is 20.1. The Hall–Kier alpha value is -2.37. The molecular formula is C20H21NO3S. The molecule has 0 aliphatic heterocycles. The Labute approximate surface area is 148 Å². The van der Waals surface area contributed by atoms with Crippen molar-refractivity contribution in [3.63, 3.8) is 0 Å². The fourth-order valence-electron chi connectivity index (χ4n) is 2.82. The Morgan fingerprint density at radius 1 is 0.960 bits per heavy atom. The van der Waals surface area contributed by atoms with Crippen LogP contribution in [-0.4, -0.2) is 15.5 Å². The smallest absolute Gasteiger partial charge is 0.241 e. The van der Waals surface area contributed by atoms with E-state index in [1.807, 2.05) is 55.5 Å². The standard InChI is InChI=1S/C20H21NO3S/c1-3-20(15-7-5-4-6-8-15)21-25(22,23)19-12-10-16-13-18(24-2)11-9-17(16)14-19/h4-14,20-21H,3H2,1-2H3/t20-/m0/s1. The first-order valence-electron chi connectivity index (χ1n) is 8.18. The van der Waals surface area contributed by atoms with Crippen molar-refractivity contribution in [2.75, 3.05) is 7.11 Å². The van der Waals surface area contributed by atoms with Crippen molar-refractivity contribution in [2.45, 2.75) is 24.3 Å². The summed E-state index contributed by atoms with van der Waals surface area (Å²) < 4.78 is 33.6. The summed E-state index contributed by atoms with van der Waals surface area (Å²) in [5.74, 6) is 0.747. The molecule has 0 aromatic heterocycles. The molecule has 0 bridgehead atoms. The van der Waals surface area contributed by atoms with Gasteiger partial charge in [-0.2, -0.15) is 0 Å². The van der Waals surface area contributed by atoms with Gasteiger partial charge in [0.05, 0.1) is 12.0 Å². The van der Waals surface area contributed by atoms with Crippen molar-refractivity contribution in [1.82, 2.24) is 4.72 Å². The third kappa shape index (κ3) is 3.83. The number of hydrogen-bond donors (Lipinski definition) is 1. The predicted octanol–water partition coefficient (Wildman–Crippen LogP) is 4.28. The largest absolute Gasteiger partial charge is 0.497 e. The van der Waals surface area contributed by atoms with Gasteiger partial charge in [-0.05, 0) is 47.0 Å². The Balaban J connectivity index is 1.92. The summed E-state index contributed by atoms with van der Waals surface area (Å²) in [7, 11) is -2.00. The van der Waals surface area contributed by atoms with Gasteiger partial charge in [0.1, 0.15) is 5.75 Å². The molecule has 0 saturated carbocycles. The maximum atomic E-state index is 12.8. The van der Waals surface area contributed by atoms with Crippen LogP contribution in [0.2, 0.25) is 0 Å². The van der Waals surface area contributed by atoms with Crippen molar-refractivity contribution in [3.05, 3.63) is 72.3 Å². The van der Waals surface area contributed by atoms with Gasteiger partial charge in [-0.15, -0.1) is 0 Å². The van der Waals surface area contributed by atoms with Gasteiger partial charge in [-0.25, -0.2) is 13.1 Å². The zero-order valence-corrected chi connectivity index (χ0v) is 15.1. The second-order valence-corrected chi connectivity index (χ2v) is 7.58. The third-order valence-corrected chi connectivity index (χ3v) is 5.71. The Morgan fingerprint density at radius 3 is 2.32 bits per heavy atom. The molecule has 0 aliphatic rings. The van der Waals surface area contributed by atoms with Crippen molar-refractivity contribution in [2.24, 2.45) is 0 Å². The third-order valence-electron chi connectivity index (χ3n) is 4.24. The molecular weight excluding hydrogens is 334 g/mol. The molecule has 0 fully saturated rings. The van der Waals surface area contributed by atoms with E-state index in [2.05, 4.69) is 4.72 Å². The van der Waals surface area contributed by atoms with Gasteiger partial charge in [-0.3, -0.25) is 0 Å². The van der Waals surface area contributed by atoms with Gasteiger partial charge in [0.25, 0.3) is 0 Å². The van der Waals surface area contributed by atoms with E-state index in [1.165, 1.54) is 0 Å². The van der Waals surface area contributed by atoms with Crippen LogP contribution in [0.4, 0.5) is 0 Å². The normalized spacial score (nSPS) is 12.9. The molecule has 0 radical (unpaired) electrons. The number of hydrogen-bond acceptors (Lipinski definition) is 3. The molecule has 4 nitrogen and oxygen atoms in total. The average Bonchev–Trinajstić information content (AvgIpc) is 2.66. The molecule has 3 aromatic rings. The van der Waals surface area contributed by atoms with Crippen LogP contribution < -0.4 is 9.46 Å².